The van der Waals surface area contributed by atoms with Gasteiger partial charge in [0.05, 0.1) is 5.56 Å². The molecule has 1 saturated heterocycles. The molecule has 0 radical (unpaired) electrons. The molecule has 1 amide bonds. The second kappa shape index (κ2) is 7.66. The zero-order chi connectivity index (χ0) is 22.5. The van der Waals surface area contributed by atoms with Gasteiger partial charge in [-0.25, -0.2) is 0 Å². The number of Topliss-reactive ketones (excluding diaryl/α,β-unsaturated/α-hetero) is 1. The second-order valence-electron chi connectivity index (χ2n) is 9.94. The number of hydrogen-bond donors (Lipinski definition) is 1. The van der Waals surface area contributed by atoms with Gasteiger partial charge < -0.3 is 23.9 Å². The van der Waals surface area contributed by atoms with Crippen LogP contribution in [-0.4, -0.2) is 38.2 Å². The zero-order valence-corrected chi connectivity index (χ0v) is 18.8. The SMILES string of the molecule is Cc1c(C(=O)NCC2(c3ccc4c(c3)OCO4)CCOCC2)oc2c1C(=O)CC(C)(C)C2. The third kappa shape index (κ3) is 3.58. The highest BCUT2D eigenvalue weighted by Gasteiger charge is 2.39. The molecule has 0 spiro atoms. The van der Waals surface area contributed by atoms with Gasteiger partial charge in [0.1, 0.15) is 5.76 Å². The predicted octanol–water partition coefficient (Wildman–Crippen LogP) is 3.95. The topological polar surface area (TPSA) is 87.0 Å². The molecule has 0 unspecified atom stereocenters. The Balaban J connectivity index is 1.39. The fourth-order valence-electron chi connectivity index (χ4n) is 5.19. The number of carbonyl (C=O) groups is 2. The minimum atomic E-state index is -0.283. The van der Waals surface area contributed by atoms with E-state index < -0.39 is 0 Å². The van der Waals surface area contributed by atoms with Gasteiger partial charge in [0, 0.05) is 43.6 Å². The number of amides is 1. The third-order valence-corrected chi connectivity index (χ3v) is 7.01. The number of carbonyl (C=O) groups excluding carboxylic acids is 2. The average molecular weight is 440 g/mol. The molecule has 32 heavy (non-hydrogen) atoms. The molecule has 1 aromatic carbocycles. The number of fused-ring (bicyclic) bond motifs is 2. The van der Waals surface area contributed by atoms with E-state index in [1.54, 1.807) is 6.92 Å². The minimum absolute atomic E-state index is 0.0535. The first kappa shape index (κ1) is 21.1. The van der Waals surface area contributed by atoms with Crippen LogP contribution >= 0.6 is 0 Å². The van der Waals surface area contributed by atoms with E-state index in [1.807, 2.05) is 32.0 Å². The first-order chi connectivity index (χ1) is 15.3. The molecule has 1 aromatic heterocycles. The summed E-state index contributed by atoms with van der Waals surface area (Å²) in [7, 11) is 0. The molecule has 1 aliphatic carbocycles. The molecule has 0 saturated carbocycles. The number of nitrogens with one attached hydrogen (secondary N) is 1. The van der Waals surface area contributed by atoms with E-state index in [4.69, 9.17) is 18.6 Å². The van der Waals surface area contributed by atoms with E-state index in [0.717, 1.165) is 29.9 Å². The first-order valence-electron chi connectivity index (χ1n) is 11.2. The van der Waals surface area contributed by atoms with Crippen molar-refractivity contribution in [1.29, 1.82) is 0 Å². The Labute approximate surface area is 187 Å². The quantitative estimate of drug-likeness (QED) is 0.776. The van der Waals surface area contributed by atoms with Crippen LogP contribution in [0.15, 0.2) is 22.6 Å². The van der Waals surface area contributed by atoms with Crippen LogP contribution in [0.5, 0.6) is 11.5 Å². The van der Waals surface area contributed by atoms with E-state index in [-0.39, 0.29) is 35.1 Å². The smallest absolute Gasteiger partial charge is 0.287 e. The maximum absolute atomic E-state index is 13.2. The number of benzene rings is 1. The van der Waals surface area contributed by atoms with Crippen molar-refractivity contribution in [1.82, 2.24) is 5.32 Å². The summed E-state index contributed by atoms with van der Waals surface area (Å²) in [5.41, 5.74) is 1.89. The number of furan rings is 1. The Kier molecular flexibility index (Phi) is 5.04. The molecular weight excluding hydrogens is 410 g/mol. The summed E-state index contributed by atoms with van der Waals surface area (Å²) in [6.45, 7) is 7.82. The lowest BCUT2D eigenvalue weighted by molar-refractivity contribution is 0.0483. The summed E-state index contributed by atoms with van der Waals surface area (Å²) in [6.07, 6.45) is 2.69. The Morgan fingerprint density at radius 2 is 1.84 bits per heavy atom. The highest BCUT2D eigenvalue weighted by atomic mass is 16.7. The van der Waals surface area contributed by atoms with Crippen molar-refractivity contribution in [2.45, 2.75) is 51.9 Å². The van der Waals surface area contributed by atoms with Gasteiger partial charge in [-0.15, -0.1) is 0 Å². The van der Waals surface area contributed by atoms with E-state index in [9.17, 15) is 9.59 Å². The lowest BCUT2D eigenvalue weighted by Crippen LogP contribution is -2.44. The second-order valence-corrected chi connectivity index (χ2v) is 9.94. The molecule has 5 rings (SSSR count). The molecule has 170 valence electrons. The van der Waals surface area contributed by atoms with Crippen molar-refractivity contribution in [3.63, 3.8) is 0 Å². The van der Waals surface area contributed by atoms with E-state index >= 15 is 0 Å². The van der Waals surface area contributed by atoms with Crippen LogP contribution in [-0.2, 0) is 16.6 Å². The maximum Gasteiger partial charge on any atom is 0.287 e. The summed E-state index contributed by atoms with van der Waals surface area (Å²) < 4.78 is 22.6. The van der Waals surface area contributed by atoms with Gasteiger partial charge in [-0.05, 0) is 42.9 Å². The van der Waals surface area contributed by atoms with Crippen LogP contribution in [0.3, 0.4) is 0 Å². The molecule has 0 bridgehead atoms. The normalized spacial score (nSPS) is 20.7. The van der Waals surface area contributed by atoms with E-state index in [2.05, 4.69) is 5.32 Å². The van der Waals surface area contributed by atoms with Crippen LogP contribution in [0, 0.1) is 12.3 Å². The first-order valence-corrected chi connectivity index (χ1v) is 11.2. The fourth-order valence-corrected chi connectivity index (χ4v) is 5.19. The van der Waals surface area contributed by atoms with E-state index in [0.29, 0.717) is 49.5 Å². The van der Waals surface area contributed by atoms with Crippen molar-refractivity contribution in [2.75, 3.05) is 26.6 Å². The maximum atomic E-state index is 13.2. The molecule has 7 heteroatoms. The largest absolute Gasteiger partial charge is 0.455 e. The summed E-state index contributed by atoms with van der Waals surface area (Å²) in [4.78, 5) is 25.8. The van der Waals surface area contributed by atoms with Gasteiger partial charge in [-0.2, -0.15) is 0 Å². The molecule has 2 aliphatic heterocycles. The highest BCUT2D eigenvalue weighted by molar-refractivity contribution is 6.03. The van der Waals surface area contributed by atoms with E-state index in [1.165, 1.54) is 0 Å². The summed E-state index contributed by atoms with van der Waals surface area (Å²) in [6, 6.07) is 5.98. The molecular formula is C25H29NO6. The van der Waals surface area contributed by atoms with Gasteiger partial charge in [0.25, 0.3) is 5.91 Å². The van der Waals surface area contributed by atoms with Crippen molar-refractivity contribution in [2.24, 2.45) is 5.41 Å². The van der Waals surface area contributed by atoms with Gasteiger partial charge in [0.15, 0.2) is 23.0 Å². The molecule has 3 heterocycles. The van der Waals surface area contributed by atoms with Crippen molar-refractivity contribution in [3.8, 4) is 11.5 Å². The standard InChI is InChI=1S/C25H29NO6/c1-15-21-17(27)11-24(2,3)12-20(21)32-22(15)23(28)26-13-25(6-8-29-9-7-25)16-4-5-18-19(10-16)31-14-30-18/h4-5,10H,6-9,11-14H2,1-3H3,(H,26,28). The Bertz CT molecular complexity index is 1080. The predicted molar refractivity (Wildman–Crippen MR) is 117 cm³/mol. The van der Waals surface area contributed by atoms with Crippen LogP contribution in [0.2, 0.25) is 0 Å². The lowest BCUT2D eigenvalue weighted by Gasteiger charge is -2.38. The number of hydrogen-bond acceptors (Lipinski definition) is 6. The van der Waals surface area contributed by atoms with Crippen LogP contribution in [0.4, 0.5) is 0 Å². The van der Waals surface area contributed by atoms with Crippen molar-refractivity contribution >= 4 is 11.7 Å². The molecule has 0 atom stereocenters. The molecule has 3 aliphatic rings. The van der Waals surface area contributed by atoms with Crippen LogP contribution in [0.25, 0.3) is 0 Å². The Morgan fingerprint density at radius 1 is 1.09 bits per heavy atom. The summed E-state index contributed by atoms with van der Waals surface area (Å²) in [5, 5.41) is 3.09. The van der Waals surface area contributed by atoms with Crippen molar-refractivity contribution in [3.05, 3.63) is 46.4 Å². The molecule has 1 fully saturated rings. The van der Waals surface area contributed by atoms with Gasteiger partial charge in [-0.3, -0.25) is 9.59 Å². The van der Waals surface area contributed by atoms with Gasteiger partial charge in [0.2, 0.25) is 6.79 Å². The van der Waals surface area contributed by atoms with Gasteiger partial charge in [-0.1, -0.05) is 19.9 Å². The number of rotatable bonds is 4. The molecule has 2 aromatic rings. The highest BCUT2D eigenvalue weighted by Crippen LogP contribution is 2.41. The van der Waals surface area contributed by atoms with Crippen molar-refractivity contribution < 1.29 is 28.2 Å². The third-order valence-electron chi connectivity index (χ3n) is 7.01. The summed E-state index contributed by atoms with van der Waals surface area (Å²) in [5.74, 6) is 2.12. The molecule has 1 N–H and O–H groups in total. The number of ketones is 1. The summed E-state index contributed by atoms with van der Waals surface area (Å²) >= 11 is 0. The average Bonchev–Trinajstić information content (AvgIpc) is 3.35. The van der Waals surface area contributed by atoms with Gasteiger partial charge >= 0.3 is 0 Å². The molecule has 7 nitrogen and oxygen atoms in total. The minimum Gasteiger partial charge on any atom is -0.455 e. The zero-order valence-electron chi connectivity index (χ0n) is 18.8. The van der Waals surface area contributed by atoms with Crippen LogP contribution < -0.4 is 14.8 Å². The Hall–Kier alpha value is -2.80. The Morgan fingerprint density at radius 3 is 2.62 bits per heavy atom. The lowest BCUT2D eigenvalue weighted by atomic mass is 9.74. The monoisotopic (exact) mass is 439 g/mol. The van der Waals surface area contributed by atoms with Crippen LogP contribution in [0.1, 0.15) is 70.9 Å². The number of ether oxygens (including phenoxy) is 3. The fraction of sp³-hybridized carbons (Fsp3) is 0.520.